The third kappa shape index (κ3) is 3.46. The molecule has 0 bridgehead atoms. The maximum Gasteiger partial charge on any atom is 0.248 e. The first kappa shape index (κ1) is 11.9. The summed E-state index contributed by atoms with van der Waals surface area (Å²) in [5.41, 5.74) is 6.75. The van der Waals surface area contributed by atoms with Crippen molar-refractivity contribution in [2.24, 2.45) is 5.73 Å². The van der Waals surface area contributed by atoms with Gasteiger partial charge in [-0.25, -0.2) is 0 Å². The van der Waals surface area contributed by atoms with E-state index >= 15 is 0 Å². The molecule has 1 aromatic carbocycles. The molecule has 0 spiro atoms. The molecule has 0 aliphatic carbocycles. The lowest BCUT2D eigenvalue weighted by molar-refractivity contribution is 0.100. The van der Waals surface area contributed by atoms with Crippen LogP contribution in [0.5, 0.6) is 0 Å². The molecule has 17 heavy (non-hydrogen) atoms. The van der Waals surface area contributed by atoms with Gasteiger partial charge in [-0.05, 0) is 37.5 Å². The molecule has 2 rings (SSSR count). The van der Waals surface area contributed by atoms with Gasteiger partial charge in [-0.2, -0.15) is 0 Å². The fourth-order valence-corrected chi connectivity index (χ4v) is 2.05. The molecule has 1 aromatic rings. The number of anilines is 1. The third-order valence-electron chi connectivity index (χ3n) is 2.97. The van der Waals surface area contributed by atoms with Crippen LogP contribution in [0.3, 0.4) is 0 Å². The molecule has 0 saturated carbocycles. The topological polar surface area (TPSA) is 64.4 Å². The Morgan fingerprint density at radius 3 is 3.06 bits per heavy atom. The van der Waals surface area contributed by atoms with Gasteiger partial charge < -0.3 is 15.8 Å². The van der Waals surface area contributed by atoms with E-state index in [1.54, 1.807) is 12.1 Å². The Morgan fingerprint density at radius 2 is 2.24 bits per heavy atom. The summed E-state index contributed by atoms with van der Waals surface area (Å²) in [6.45, 7) is 1.65. The van der Waals surface area contributed by atoms with E-state index in [2.05, 4.69) is 5.32 Å². The molecule has 1 heterocycles. The van der Waals surface area contributed by atoms with Crippen molar-refractivity contribution >= 4 is 11.6 Å². The molecule has 4 heteroatoms. The van der Waals surface area contributed by atoms with Crippen LogP contribution in [0.15, 0.2) is 24.3 Å². The Labute approximate surface area is 101 Å². The minimum atomic E-state index is -0.391. The largest absolute Gasteiger partial charge is 0.382 e. The number of ether oxygens (including phenoxy) is 1. The standard InChI is InChI=1S/C13H18N2O2/c14-13(16)10-3-1-4-12(9-10)15-11-5-2-7-17-8-6-11/h1,3-4,9,11,15H,2,5-8H2,(H2,14,16). The number of carbonyl (C=O) groups is 1. The highest BCUT2D eigenvalue weighted by Crippen LogP contribution is 2.16. The van der Waals surface area contributed by atoms with E-state index in [1.165, 1.54) is 0 Å². The van der Waals surface area contributed by atoms with Gasteiger partial charge in [0.25, 0.3) is 0 Å². The molecular weight excluding hydrogens is 216 g/mol. The number of rotatable bonds is 3. The van der Waals surface area contributed by atoms with Gasteiger partial charge >= 0.3 is 0 Å². The van der Waals surface area contributed by atoms with Crippen LogP contribution in [0, 0.1) is 0 Å². The van der Waals surface area contributed by atoms with Gasteiger partial charge in [-0.1, -0.05) is 6.07 Å². The second-order valence-corrected chi connectivity index (χ2v) is 4.33. The molecule has 1 amide bonds. The molecular formula is C13H18N2O2. The molecule has 1 saturated heterocycles. The van der Waals surface area contributed by atoms with Crippen LogP contribution in [-0.2, 0) is 4.74 Å². The van der Waals surface area contributed by atoms with Gasteiger partial charge in [-0.15, -0.1) is 0 Å². The van der Waals surface area contributed by atoms with Gasteiger partial charge in [-0.3, -0.25) is 4.79 Å². The average Bonchev–Trinajstić information content (AvgIpc) is 2.58. The fourth-order valence-electron chi connectivity index (χ4n) is 2.05. The summed E-state index contributed by atoms with van der Waals surface area (Å²) >= 11 is 0. The summed E-state index contributed by atoms with van der Waals surface area (Å²) in [6.07, 6.45) is 3.18. The predicted molar refractivity (Wildman–Crippen MR) is 67.0 cm³/mol. The normalized spacial score (nSPS) is 20.6. The van der Waals surface area contributed by atoms with E-state index < -0.39 is 5.91 Å². The average molecular weight is 234 g/mol. The second kappa shape index (κ2) is 5.68. The summed E-state index contributed by atoms with van der Waals surface area (Å²) in [5, 5.41) is 3.43. The smallest absolute Gasteiger partial charge is 0.248 e. The summed E-state index contributed by atoms with van der Waals surface area (Å²) in [6, 6.07) is 7.74. The van der Waals surface area contributed by atoms with E-state index in [0.29, 0.717) is 11.6 Å². The van der Waals surface area contributed by atoms with Crippen molar-refractivity contribution in [3.05, 3.63) is 29.8 Å². The maximum atomic E-state index is 11.1. The highest BCUT2D eigenvalue weighted by molar-refractivity contribution is 5.93. The minimum absolute atomic E-state index is 0.391. The number of benzene rings is 1. The molecule has 0 radical (unpaired) electrons. The van der Waals surface area contributed by atoms with E-state index in [1.807, 2.05) is 12.1 Å². The Bertz CT molecular complexity index is 385. The first-order valence-corrected chi connectivity index (χ1v) is 6.00. The highest BCUT2D eigenvalue weighted by atomic mass is 16.5. The SMILES string of the molecule is NC(=O)c1cccc(NC2CCCOCC2)c1. The summed E-state index contributed by atoms with van der Waals surface area (Å²) < 4.78 is 5.41. The summed E-state index contributed by atoms with van der Waals surface area (Å²) in [4.78, 5) is 11.1. The summed E-state index contributed by atoms with van der Waals surface area (Å²) in [5.74, 6) is -0.391. The van der Waals surface area contributed by atoms with Gasteiger partial charge in [0.15, 0.2) is 0 Å². The first-order chi connectivity index (χ1) is 8.25. The highest BCUT2D eigenvalue weighted by Gasteiger charge is 2.12. The molecule has 1 fully saturated rings. The number of amides is 1. The molecule has 1 atom stereocenters. The van der Waals surface area contributed by atoms with Crippen molar-refractivity contribution < 1.29 is 9.53 Å². The van der Waals surface area contributed by atoms with Crippen molar-refractivity contribution in [3.63, 3.8) is 0 Å². The van der Waals surface area contributed by atoms with Crippen molar-refractivity contribution in [2.75, 3.05) is 18.5 Å². The van der Waals surface area contributed by atoms with Crippen LogP contribution in [0.4, 0.5) is 5.69 Å². The summed E-state index contributed by atoms with van der Waals surface area (Å²) in [7, 11) is 0. The first-order valence-electron chi connectivity index (χ1n) is 6.00. The van der Waals surface area contributed by atoms with Crippen LogP contribution in [0.25, 0.3) is 0 Å². The van der Waals surface area contributed by atoms with Crippen LogP contribution >= 0.6 is 0 Å². The maximum absolute atomic E-state index is 11.1. The Kier molecular flexibility index (Phi) is 3.98. The number of nitrogens with one attached hydrogen (secondary N) is 1. The van der Waals surface area contributed by atoms with Crippen LogP contribution in [0.1, 0.15) is 29.6 Å². The number of hydrogen-bond acceptors (Lipinski definition) is 3. The predicted octanol–water partition coefficient (Wildman–Crippen LogP) is 1.77. The Morgan fingerprint density at radius 1 is 1.35 bits per heavy atom. The Hall–Kier alpha value is -1.55. The lowest BCUT2D eigenvalue weighted by Gasteiger charge is -2.17. The number of carbonyl (C=O) groups excluding carboxylic acids is 1. The fraction of sp³-hybridized carbons (Fsp3) is 0.462. The van der Waals surface area contributed by atoms with Gasteiger partial charge in [0.05, 0.1) is 0 Å². The van der Waals surface area contributed by atoms with Gasteiger partial charge in [0.2, 0.25) is 5.91 Å². The zero-order valence-electron chi connectivity index (χ0n) is 9.82. The number of primary amides is 1. The van der Waals surface area contributed by atoms with Gasteiger partial charge in [0, 0.05) is 30.5 Å². The Balaban J connectivity index is 2.01. The minimum Gasteiger partial charge on any atom is -0.382 e. The van der Waals surface area contributed by atoms with Crippen molar-refractivity contribution in [2.45, 2.75) is 25.3 Å². The van der Waals surface area contributed by atoms with Crippen molar-refractivity contribution in [3.8, 4) is 0 Å². The lowest BCUT2D eigenvalue weighted by atomic mass is 10.1. The molecule has 92 valence electrons. The number of hydrogen-bond donors (Lipinski definition) is 2. The van der Waals surface area contributed by atoms with Crippen LogP contribution < -0.4 is 11.1 Å². The van der Waals surface area contributed by atoms with E-state index in [9.17, 15) is 4.79 Å². The third-order valence-corrected chi connectivity index (χ3v) is 2.97. The monoisotopic (exact) mass is 234 g/mol. The molecule has 1 unspecified atom stereocenters. The van der Waals surface area contributed by atoms with Crippen molar-refractivity contribution in [1.29, 1.82) is 0 Å². The van der Waals surface area contributed by atoms with E-state index in [0.717, 1.165) is 38.2 Å². The quantitative estimate of drug-likeness (QED) is 0.837. The van der Waals surface area contributed by atoms with E-state index in [4.69, 9.17) is 10.5 Å². The van der Waals surface area contributed by atoms with Crippen LogP contribution in [0.2, 0.25) is 0 Å². The van der Waals surface area contributed by atoms with Gasteiger partial charge in [0.1, 0.15) is 0 Å². The lowest BCUT2D eigenvalue weighted by Crippen LogP contribution is -2.20. The molecule has 1 aliphatic heterocycles. The number of nitrogens with two attached hydrogens (primary N) is 1. The molecule has 0 aromatic heterocycles. The van der Waals surface area contributed by atoms with Crippen molar-refractivity contribution in [1.82, 2.24) is 0 Å². The van der Waals surface area contributed by atoms with E-state index in [-0.39, 0.29) is 0 Å². The zero-order chi connectivity index (χ0) is 12.1. The zero-order valence-corrected chi connectivity index (χ0v) is 9.82. The van der Waals surface area contributed by atoms with Crippen LogP contribution in [-0.4, -0.2) is 25.2 Å². The molecule has 3 N–H and O–H groups in total. The molecule has 4 nitrogen and oxygen atoms in total. The second-order valence-electron chi connectivity index (χ2n) is 4.33. The molecule has 1 aliphatic rings.